The molecule has 1 aromatic rings. The smallest absolute Gasteiger partial charge is 0.125 e. The van der Waals surface area contributed by atoms with Crippen LogP contribution in [0.1, 0.15) is 23.6 Å². The Morgan fingerprint density at radius 1 is 1.21 bits per heavy atom. The van der Waals surface area contributed by atoms with Gasteiger partial charge in [0.05, 0.1) is 6.61 Å². The standard InChI is InChI=1S/C16H25NO2/c1-5-6-8-19-16-13(2)10-15(11-14(16)3)12-17-7-9-18-4/h5-6,10-11,17H,7-9,12H2,1-4H3. The van der Waals surface area contributed by atoms with Gasteiger partial charge in [-0.15, -0.1) is 0 Å². The lowest BCUT2D eigenvalue weighted by Gasteiger charge is -2.13. The van der Waals surface area contributed by atoms with Gasteiger partial charge in [-0.05, 0) is 37.5 Å². The normalized spacial score (nSPS) is 11.2. The number of methoxy groups -OCH3 is 1. The highest BCUT2D eigenvalue weighted by atomic mass is 16.5. The van der Waals surface area contributed by atoms with Crippen molar-refractivity contribution in [2.75, 3.05) is 26.9 Å². The summed E-state index contributed by atoms with van der Waals surface area (Å²) < 4.78 is 10.8. The van der Waals surface area contributed by atoms with Crippen LogP contribution in [-0.4, -0.2) is 26.9 Å². The quantitative estimate of drug-likeness (QED) is 0.578. The summed E-state index contributed by atoms with van der Waals surface area (Å²) in [5.74, 6) is 0.999. The Morgan fingerprint density at radius 3 is 2.47 bits per heavy atom. The van der Waals surface area contributed by atoms with Crippen LogP contribution in [0.3, 0.4) is 0 Å². The maximum atomic E-state index is 5.78. The lowest BCUT2D eigenvalue weighted by Crippen LogP contribution is -2.18. The second-order valence-corrected chi connectivity index (χ2v) is 4.61. The van der Waals surface area contributed by atoms with Crippen LogP contribution < -0.4 is 10.1 Å². The Labute approximate surface area is 116 Å². The van der Waals surface area contributed by atoms with E-state index in [9.17, 15) is 0 Å². The molecular weight excluding hydrogens is 238 g/mol. The zero-order valence-corrected chi connectivity index (χ0v) is 12.5. The number of hydrogen-bond acceptors (Lipinski definition) is 3. The van der Waals surface area contributed by atoms with Gasteiger partial charge in [0.25, 0.3) is 0 Å². The molecule has 0 bridgehead atoms. The second kappa shape index (κ2) is 8.73. The van der Waals surface area contributed by atoms with Gasteiger partial charge < -0.3 is 14.8 Å². The van der Waals surface area contributed by atoms with Crippen molar-refractivity contribution in [2.45, 2.75) is 27.3 Å². The minimum absolute atomic E-state index is 0.629. The second-order valence-electron chi connectivity index (χ2n) is 4.61. The van der Waals surface area contributed by atoms with E-state index < -0.39 is 0 Å². The topological polar surface area (TPSA) is 30.5 Å². The van der Waals surface area contributed by atoms with Gasteiger partial charge in [0.15, 0.2) is 0 Å². The molecule has 1 N–H and O–H groups in total. The zero-order chi connectivity index (χ0) is 14.1. The molecule has 106 valence electrons. The molecule has 0 aliphatic carbocycles. The summed E-state index contributed by atoms with van der Waals surface area (Å²) in [6.07, 6.45) is 4.01. The van der Waals surface area contributed by atoms with E-state index in [1.165, 1.54) is 16.7 Å². The average Bonchev–Trinajstić information content (AvgIpc) is 2.38. The summed E-state index contributed by atoms with van der Waals surface area (Å²) in [5, 5.41) is 3.35. The highest BCUT2D eigenvalue weighted by Gasteiger charge is 2.05. The molecule has 0 amide bonds. The first-order valence-corrected chi connectivity index (χ1v) is 6.72. The van der Waals surface area contributed by atoms with Crippen molar-refractivity contribution < 1.29 is 9.47 Å². The fourth-order valence-electron chi connectivity index (χ4n) is 2.00. The molecule has 3 heteroatoms. The zero-order valence-electron chi connectivity index (χ0n) is 12.5. The summed E-state index contributed by atoms with van der Waals surface area (Å²) in [5.41, 5.74) is 3.66. The Bertz CT molecular complexity index is 390. The van der Waals surface area contributed by atoms with Gasteiger partial charge in [-0.25, -0.2) is 0 Å². The molecule has 1 rings (SSSR count). The van der Waals surface area contributed by atoms with E-state index in [1.807, 2.05) is 19.1 Å². The van der Waals surface area contributed by atoms with Crippen LogP contribution in [0, 0.1) is 13.8 Å². The van der Waals surface area contributed by atoms with Crippen molar-refractivity contribution >= 4 is 0 Å². The molecule has 0 fully saturated rings. The summed E-state index contributed by atoms with van der Waals surface area (Å²) >= 11 is 0. The minimum atomic E-state index is 0.629. The number of allylic oxidation sites excluding steroid dienone is 1. The molecule has 0 unspecified atom stereocenters. The van der Waals surface area contributed by atoms with E-state index >= 15 is 0 Å². The molecule has 3 nitrogen and oxygen atoms in total. The molecule has 0 heterocycles. The first-order chi connectivity index (χ1) is 9.19. The molecule has 0 saturated carbocycles. The first-order valence-electron chi connectivity index (χ1n) is 6.72. The van der Waals surface area contributed by atoms with Crippen molar-refractivity contribution in [1.29, 1.82) is 0 Å². The Kier molecular flexibility index (Phi) is 7.23. The molecule has 0 aliphatic rings. The fourth-order valence-corrected chi connectivity index (χ4v) is 2.00. The van der Waals surface area contributed by atoms with Crippen molar-refractivity contribution in [3.8, 4) is 5.75 Å². The van der Waals surface area contributed by atoms with Crippen LogP contribution in [0.5, 0.6) is 5.75 Å². The Hall–Kier alpha value is -1.32. The summed E-state index contributed by atoms with van der Waals surface area (Å²) in [6.45, 7) is 9.28. The van der Waals surface area contributed by atoms with E-state index in [2.05, 4.69) is 31.3 Å². The van der Waals surface area contributed by atoms with E-state index in [4.69, 9.17) is 9.47 Å². The van der Waals surface area contributed by atoms with Crippen molar-refractivity contribution in [1.82, 2.24) is 5.32 Å². The van der Waals surface area contributed by atoms with Crippen LogP contribution in [0.2, 0.25) is 0 Å². The maximum absolute atomic E-state index is 5.78. The van der Waals surface area contributed by atoms with Crippen LogP contribution in [-0.2, 0) is 11.3 Å². The van der Waals surface area contributed by atoms with Gasteiger partial charge in [0, 0.05) is 20.2 Å². The number of ether oxygens (including phenoxy) is 2. The van der Waals surface area contributed by atoms with Crippen molar-refractivity contribution in [3.63, 3.8) is 0 Å². The predicted molar refractivity (Wildman–Crippen MR) is 79.8 cm³/mol. The van der Waals surface area contributed by atoms with E-state index in [-0.39, 0.29) is 0 Å². The summed E-state index contributed by atoms with van der Waals surface area (Å²) in [4.78, 5) is 0. The van der Waals surface area contributed by atoms with Crippen LogP contribution in [0.4, 0.5) is 0 Å². The third-order valence-electron chi connectivity index (χ3n) is 2.89. The van der Waals surface area contributed by atoms with Crippen LogP contribution >= 0.6 is 0 Å². The third-order valence-corrected chi connectivity index (χ3v) is 2.89. The number of hydrogen-bond donors (Lipinski definition) is 1. The minimum Gasteiger partial charge on any atom is -0.489 e. The average molecular weight is 263 g/mol. The monoisotopic (exact) mass is 263 g/mol. The van der Waals surface area contributed by atoms with Gasteiger partial charge in [-0.1, -0.05) is 24.3 Å². The van der Waals surface area contributed by atoms with E-state index in [0.717, 1.165) is 25.4 Å². The molecule has 0 spiro atoms. The number of rotatable bonds is 8. The van der Waals surface area contributed by atoms with Crippen molar-refractivity contribution in [3.05, 3.63) is 41.0 Å². The molecular formula is C16H25NO2. The van der Waals surface area contributed by atoms with Gasteiger partial charge in [-0.2, -0.15) is 0 Å². The van der Waals surface area contributed by atoms with Gasteiger partial charge in [0.1, 0.15) is 12.4 Å². The Morgan fingerprint density at radius 2 is 1.89 bits per heavy atom. The maximum Gasteiger partial charge on any atom is 0.125 e. The highest BCUT2D eigenvalue weighted by molar-refractivity contribution is 5.43. The molecule has 0 atom stereocenters. The van der Waals surface area contributed by atoms with Gasteiger partial charge in [-0.3, -0.25) is 0 Å². The molecule has 1 aromatic carbocycles. The van der Waals surface area contributed by atoms with Gasteiger partial charge >= 0.3 is 0 Å². The first kappa shape index (κ1) is 15.7. The lowest BCUT2D eigenvalue weighted by atomic mass is 10.1. The number of nitrogens with one attached hydrogen (secondary N) is 1. The SMILES string of the molecule is CC=CCOc1c(C)cc(CNCCOC)cc1C. The Balaban J connectivity index is 2.62. The van der Waals surface area contributed by atoms with E-state index in [0.29, 0.717) is 6.61 Å². The van der Waals surface area contributed by atoms with Crippen LogP contribution in [0.25, 0.3) is 0 Å². The van der Waals surface area contributed by atoms with Crippen LogP contribution in [0.15, 0.2) is 24.3 Å². The number of aryl methyl sites for hydroxylation is 2. The number of benzene rings is 1. The molecule has 19 heavy (non-hydrogen) atoms. The molecule has 0 saturated heterocycles. The van der Waals surface area contributed by atoms with Gasteiger partial charge in [0.2, 0.25) is 0 Å². The fraction of sp³-hybridized carbons (Fsp3) is 0.500. The molecule has 0 radical (unpaired) electrons. The highest BCUT2D eigenvalue weighted by Crippen LogP contribution is 2.24. The largest absolute Gasteiger partial charge is 0.489 e. The molecule has 0 aliphatic heterocycles. The van der Waals surface area contributed by atoms with E-state index in [1.54, 1.807) is 7.11 Å². The van der Waals surface area contributed by atoms with Crippen molar-refractivity contribution in [2.24, 2.45) is 0 Å². The predicted octanol–water partition coefficient (Wildman–Crippen LogP) is 2.99. The summed E-state index contributed by atoms with van der Waals surface area (Å²) in [7, 11) is 1.72. The third kappa shape index (κ3) is 5.45. The lowest BCUT2D eigenvalue weighted by molar-refractivity contribution is 0.199. The summed E-state index contributed by atoms with van der Waals surface area (Å²) in [6, 6.07) is 4.36. The molecule has 0 aromatic heterocycles.